The third-order valence-electron chi connectivity index (χ3n) is 2.61. The average Bonchev–Trinajstić information content (AvgIpc) is 2.37. The summed E-state index contributed by atoms with van der Waals surface area (Å²) >= 11 is 9.14. The van der Waals surface area contributed by atoms with Crippen molar-refractivity contribution in [3.63, 3.8) is 0 Å². The van der Waals surface area contributed by atoms with Gasteiger partial charge in [-0.3, -0.25) is 4.72 Å². The predicted octanol–water partition coefficient (Wildman–Crippen LogP) is 3.49. The van der Waals surface area contributed by atoms with Crippen molar-refractivity contribution < 1.29 is 13.2 Å². The fourth-order valence-electron chi connectivity index (χ4n) is 1.75. The Balaban J connectivity index is 2.49. The highest BCUT2D eigenvalue weighted by molar-refractivity contribution is 9.10. The molecule has 8 heteroatoms. The molecule has 2 aromatic rings. The van der Waals surface area contributed by atoms with Crippen molar-refractivity contribution in [1.29, 1.82) is 0 Å². The highest BCUT2D eigenvalue weighted by atomic mass is 79.9. The highest BCUT2D eigenvalue weighted by Gasteiger charge is 2.22. The minimum Gasteiger partial charge on any atom is -0.494 e. The van der Waals surface area contributed by atoms with Gasteiger partial charge in [0.2, 0.25) is 0 Å². The van der Waals surface area contributed by atoms with Gasteiger partial charge in [0.1, 0.15) is 4.90 Å². The van der Waals surface area contributed by atoms with Gasteiger partial charge in [-0.2, -0.15) is 0 Å². The average molecular weight is 392 g/mol. The summed E-state index contributed by atoms with van der Waals surface area (Å²) in [5, 5.41) is 0.274. The summed E-state index contributed by atoms with van der Waals surface area (Å²) in [4.78, 5) is -0.0631. The number of methoxy groups -OCH3 is 1. The Labute approximate surface area is 136 Å². The molecule has 3 N–H and O–H groups in total. The van der Waals surface area contributed by atoms with Gasteiger partial charge in [0.25, 0.3) is 10.0 Å². The van der Waals surface area contributed by atoms with Crippen LogP contribution in [0.2, 0.25) is 5.02 Å². The molecule has 0 aliphatic heterocycles. The first-order valence-electron chi connectivity index (χ1n) is 5.75. The van der Waals surface area contributed by atoms with Gasteiger partial charge in [-0.05, 0) is 46.3 Å². The van der Waals surface area contributed by atoms with Crippen LogP contribution < -0.4 is 15.2 Å². The summed E-state index contributed by atoms with van der Waals surface area (Å²) in [6, 6.07) is 9.30. The number of nitrogens with one attached hydrogen (secondary N) is 1. The van der Waals surface area contributed by atoms with Crippen LogP contribution in [-0.2, 0) is 10.0 Å². The summed E-state index contributed by atoms with van der Waals surface area (Å²) in [7, 11) is -2.48. The van der Waals surface area contributed by atoms with E-state index in [1.54, 1.807) is 24.3 Å². The second-order valence-electron chi connectivity index (χ2n) is 4.15. The lowest BCUT2D eigenvalue weighted by Crippen LogP contribution is -2.14. The van der Waals surface area contributed by atoms with Crippen LogP contribution in [0, 0.1) is 0 Å². The van der Waals surface area contributed by atoms with Crippen molar-refractivity contribution in [3.05, 3.63) is 45.9 Å². The number of nitrogen functional groups attached to an aromatic ring is 1. The first-order valence-corrected chi connectivity index (χ1v) is 8.40. The van der Waals surface area contributed by atoms with Crippen LogP contribution in [0.1, 0.15) is 0 Å². The Morgan fingerprint density at radius 3 is 2.62 bits per heavy atom. The molecule has 5 nitrogen and oxygen atoms in total. The standard InChI is InChI=1S/C13H12BrClN2O3S/c1-20-13-11(14)5-8(15)6-12(13)21(18,19)17-10-4-2-3-9(16)7-10/h2-7,17H,16H2,1H3. The van der Waals surface area contributed by atoms with Crippen molar-refractivity contribution >= 4 is 48.9 Å². The number of hydrogen-bond donors (Lipinski definition) is 2. The highest BCUT2D eigenvalue weighted by Crippen LogP contribution is 2.36. The maximum Gasteiger partial charge on any atom is 0.265 e. The van der Waals surface area contributed by atoms with Crippen molar-refractivity contribution in [3.8, 4) is 5.75 Å². The van der Waals surface area contributed by atoms with E-state index in [2.05, 4.69) is 20.7 Å². The molecule has 0 aliphatic rings. The minimum absolute atomic E-state index is 0.0631. The van der Waals surface area contributed by atoms with E-state index in [1.807, 2.05) is 0 Å². The molecule has 0 amide bonds. The topological polar surface area (TPSA) is 81.4 Å². The van der Waals surface area contributed by atoms with Gasteiger partial charge >= 0.3 is 0 Å². The Bertz CT molecular complexity index is 781. The van der Waals surface area contributed by atoms with Gasteiger partial charge in [-0.25, -0.2) is 8.42 Å². The molecule has 0 bridgehead atoms. The Kier molecular flexibility index (Phi) is 4.65. The van der Waals surface area contributed by atoms with E-state index >= 15 is 0 Å². The van der Waals surface area contributed by atoms with Gasteiger partial charge in [-0.1, -0.05) is 17.7 Å². The van der Waals surface area contributed by atoms with Gasteiger partial charge in [0.05, 0.1) is 17.3 Å². The number of nitrogens with two attached hydrogens (primary N) is 1. The molecule has 0 aliphatic carbocycles. The fraction of sp³-hybridized carbons (Fsp3) is 0.0769. The molecule has 21 heavy (non-hydrogen) atoms. The maximum absolute atomic E-state index is 12.5. The van der Waals surface area contributed by atoms with Crippen molar-refractivity contribution in [2.75, 3.05) is 17.6 Å². The van der Waals surface area contributed by atoms with Gasteiger partial charge in [-0.15, -0.1) is 0 Å². The third-order valence-corrected chi connectivity index (χ3v) is 4.80. The lowest BCUT2D eigenvalue weighted by molar-refractivity contribution is 0.400. The molecule has 112 valence electrons. The largest absolute Gasteiger partial charge is 0.494 e. The van der Waals surface area contributed by atoms with Crippen molar-refractivity contribution in [2.45, 2.75) is 4.90 Å². The number of sulfonamides is 1. The molecule has 2 rings (SSSR count). The van der Waals surface area contributed by atoms with Gasteiger partial charge in [0.15, 0.2) is 5.75 Å². The van der Waals surface area contributed by atoms with E-state index in [0.717, 1.165) is 0 Å². The number of anilines is 2. The number of rotatable bonds is 4. The number of ether oxygens (including phenoxy) is 1. The molecule has 0 unspecified atom stereocenters. The summed E-state index contributed by atoms with van der Waals surface area (Å²) in [6.07, 6.45) is 0. The lowest BCUT2D eigenvalue weighted by Gasteiger charge is -2.13. The SMILES string of the molecule is COc1c(Br)cc(Cl)cc1S(=O)(=O)Nc1cccc(N)c1. The third kappa shape index (κ3) is 3.61. The van der Waals surface area contributed by atoms with Crippen LogP contribution in [-0.4, -0.2) is 15.5 Å². The fourth-order valence-corrected chi connectivity index (χ4v) is 4.18. The van der Waals surface area contributed by atoms with E-state index < -0.39 is 10.0 Å². The number of halogens is 2. The summed E-state index contributed by atoms with van der Waals surface area (Å²) < 4.78 is 33.0. The number of hydrogen-bond acceptors (Lipinski definition) is 4. The van der Waals surface area contributed by atoms with E-state index in [9.17, 15) is 8.42 Å². The minimum atomic E-state index is -3.86. The van der Waals surface area contributed by atoms with Crippen LogP contribution in [0.3, 0.4) is 0 Å². The van der Waals surface area contributed by atoms with E-state index in [0.29, 0.717) is 15.8 Å². The molecule has 0 radical (unpaired) electrons. The molecule has 0 atom stereocenters. The summed E-state index contributed by atoms with van der Waals surface area (Å²) in [5.74, 6) is 0.177. The second kappa shape index (κ2) is 6.13. The zero-order valence-electron chi connectivity index (χ0n) is 10.9. The molecule has 0 saturated carbocycles. The smallest absolute Gasteiger partial charge is 0.265 e. The summed E-state index contributed by atoms with van der Waals surface area (Å²) in [6.45, 7) is 0. The monoisotopic (exact) mass is 390 g/mol. The van der Waals surface area contributed by atoms with E-state index in [1.165, 1.54) is 19.2 Å². The normalized spacial score (nSPS) is 11.2. The van der Waals surface area contributed by atoms with Gasteiger partial charge < -0.3 is 10.5 Å². The molecule has 0 spiro atoms. The van der Waals surface area contributed by atoms with Crippen LogP contribution in [0.15, 0.2) is 45.8 Å². The van der Waals surface area contributed by atoms with Crippen LogP contribution >= 0.6 is 27.5 Å². The first-order chi connectivity index (χ1) is 9.83. The number of benzene rings is 2. The molecular weight excluding hydrogens is 380 g/mol. The molecule has 0 fully saturated rings. The zero-order valence-corrected chi connectivity index (χ0v) is 14.1. The molecule has 0 saturated heterocycles. The van der Waals surface area contributed by atoms with Crippen LogP contribution in [0.4, 0.5) is 11.4 Å². The Morgan fingerprint density at radius 1 is 1.29 bits per heavy atom. The second-order valence-corrected chi connectivity index (χ2v) is 7.09. The first kappa shape index (κ1) is 15.9. The quantitative estimate of drug-likeness (QED) is 0.782. The van der Waals surface area contributed by atoms with E-state index in [4.69, 9.17) is 22.1 Å². The van der Waals surface area contributed by atoms with Crippen LogP contribution in [0.25, 0.3) is 0 Å². The Hall–Kier alpha value is -1.44. The lowest BCUT2D eigenvalue weighted by atomic mass is 10.3. The zero-order chi connectivity index (χ0) is 15.6. The molecule has 0 aromatic heterocycles. The molecule has 2 aromatic carbocycles. The van der Waals surface area contributed by atoms with Crippen molar-refractivity contribution in [1.82, 2.24) is 0 Å². The van der Waals surface area contributed by atoms with Gasteiger partial charge in [0, 0.05) is 10.7 Å². The van der Waals surface area contributed by atoms with Crippen LogP contribution in [0.5, 0.6) is 5.75 Å². The Morgan fingerprint density at radius 2 is 2.00 bits per heavy atom. The molecular formula is C13H12BrClN2O3S. The predicted molar refractivity (Wildman–Crippen MR) is 87.4 cm³/mol. The maximum atomic E-state index is 12.5. The molecule has 0 heterocycles. The summed E-state index contributed by atoms with van der Waals surface area (Å²) in [5.41, 5.74) is 6.44. The van der Waals surface area contributed by atoms with Crippen molar-refractivity contribution in [2.24, 2.45) is 0 Å². The van der Waals surface area contributed by atoms with E-state index in [-0.39, 0.29) is 15.7 Å².